The Morgan fingerprint density at radius 3 is 2.59 bits per heavy atom. The van der Waals surface area contributed by atoms with Gasteiger partial charge in [0.1, 0.15) is 29.8 Å². The molecule has 0 bridgehead atoms. The van der Waals surface area contributed by atoms with E-state index >= 15 is 0 Å². The molecule has 2 aromatic rings. The van der Waals surface area contributed by atoms with Crippen molar-refractivity contribution >= 4 is 21.9 Å². The second-order valence-electron chi connectivity index (χ2n) is 7.47. The van der Waals surface area contributed by atoms with Gasteiger partial charge in [0.25, 0.3) is 0 Å². The van der Waals surface area contributed by atoms with Gasteiger partial charge in [0.15, 0.2) is 0 Å². The zero-order valence-electron chi connectivity index (χ0n) is 18.5. The van der Waals surface area contributed by atoms with Crippen molar-refractivity contribution in [3.05, 3.63) is 85.9 Å². The first-order valence-corrected chi connectivity index (χ1v) is 11.0. The first-order chi connectivity index (χ1) is 15.3. The van der Waals surface area contributed by atoms with Crippen LogP contribution in [0.25, 0.3) is 0 Å². The summed E-state index contributed by atoms with van der Waals surface area (Å²) in [6, 6.07) is 13.7. The smallest absolute Gasteiger partial charge is 0.338 e. The summed E-state index contributed by atoms with van der Waals surface area (Å²) in [5.41, 5.74) is 10.2. The van der Waals surface area contributed by atoms with Crippen molar-refractivity contribution in [1.82, 2.24) is 0 Å². The van der Waals surface area contributed by atoms with E-state index in [0.717, 1.165) is 32.5 Å². The number of carbonyl (C=O) groups excluding carboxylic acids is 1. The van der Waals surface area contributed by atoms with Gasteiger partial charge in [0.2, 0.25) is 5.88 Å². The monoisotopic (exact) mass is 496 g/mol. The second kappa shape index (κ2) is 9.92. The Bertz CT molecular complexity index is 1160. The van der Waals surface area contributed by atoms with Crippen LogP contribution in [0.2, 0.25) is 0 Å². The van der Waals surface area contributed by atoms with Crippen LogP contribution in [0.15, 0.2) is 63.7 Å². The number of allylic oxidation sites excluding steroid dienone is 2. The summed E-state index contributed by atoms with van der Waals surface area (Å²) in [6.45, 7) is 7.86. The Hall–Kier alpha value is -3.24. The fourth-order valence-electron chi connectivity index (χ4n) is 3.77. The zero-order valence-corrected chi connectivity index (χ0v) is 20.1. The molecule has 32 heavy (non-hydrogen) atoms. The molecular weight excluding hydrogens is 472 g/mol. The SMILES string of the molecule is CCOC(=O)C1=C(C)OC(N)=C(C#N)C1c1cc(COc2ccccc2Br)c(C)cc1C. The summed E-state index contributed by atoms with van der Waals surface area (Å²) < 4.78 is 17.7. The van der Waals surface area contributed by atoms with Crippen molar-refractivity contribution in [2.75, 3.05) is 6.61 Å². The molecule has 1 heterocycles. The lowest BCUT2D eigenvalue weighted by Gasteiger charge is -2.28. The highest BCUT2D eigenvalue weighted by Gasteiger charge is 2.37. The number of nitrogens with zero attached hydrogens (tertiary/aromatic N) is 1. The van der Waals surface area contributed by atoms with Gasteiger partial charge in [-0.2, -0.15) is 5.26 Å². The molecule has 0 radical (unpaired) electrons. The van der Waals surface area contributed by atoms with Crippen molar-refractivity contribution in [2.45, 2.75) is 40.2 Å². The predicted molar refractivity (Wildman–Crippen MR) is 124 cm³/mol. The number of aryl methyl sites for hydroxylation is 2. The van der Waals surface area contributed by atoms with Crippen LogP contribution >= 0.6 is 15.9 Å². The van der Waals surface area contributed by atoms with Crippen molar-refractivity contribution < 1.29 is 19.0 Å². The van der Waals surface area contributed by atoms with Gasteiger partial charge in [-0.25, -0.2) is 4.79 Å². The van der Waals surface area contributed by atoms with Gasteiger partial charge in [0, 0.05) is 0 Å². The number of ether oxygens (including phenoxy) is 3. The normalized spacial score (nSPS) is 15.8. The van der Waals surface area contributed by atoms with E-state index in [9.17, 15) is 10.1 Å². The molecule has 0 aliphatic carbocycles. The van der Waals surface area contributed by atoms with E-state index in [1.807, 2.05) is 50.2 Å². The maximum atomic E-state index is 12.8. The molecule has 2 aromatic carbocycles. The Labute approximate surface area is 196 Å². The molecule has 7 heteroatoms. The third-order valence-electron chi connectivity index (χ3n) is 5.36. The number of halogens is 1. The summed E-state index contributed by atoms with van der Waals surface area (Å²) in [4.78, 5) is 12.8. The number of hydrogen-bond acceptors (Lipinski definition) is 6. The second-order valence-corrected chi connectivity index (χ2v) is 8.32. The van der Waals surface area contributed by atoms with E-state index in [1.165, 1.54) is 0 Å². The number of hydrogen-bond donors (Lipinski definition) is 1. The summed E-state index contributed by atoms with van der Waals surface area (Å²) in [6.07, 6.45) is 0. The molecule has 0 fully saturated rings. The molecule has 0 aromatic heterocycles. The number of benzene rings is 2. The van der Waals surface area contributed by atoms with E-state index < -0.39 is 11.9 Å². The minimum absolute atomic E-state index is 0.00552. The molecule has 1 unspecified atom stereocenters. The first kappa shape index (κ1) is 23.4. The van der Waals surface area contributed by atoms with Crippen LogP contribution in [0, 0.1) is 25.2 Å². The molecule has 3 rings (SSSR count). The van der Waals surface area contributed by atoms with Gasteiger partial charge < -0.3 is 19.9 Å². The van der Waals surface area contributed by atoms with Gasteiger partial charge in [-0.05, 0) is 78.0 Å². The average Bonchev–Trinajstić information content (AvgIpc) is 2.74. The summed E-state index contributed by atoms with van der Waals surface area (Å²) in [7, 11) is 0. The van der Waals surface area contributed by atoms with Crippen LogP contribution in [-0.4, -0.2) is 12.6 Å². The van der Waals surface area contributed by atoms with Crippen LogP contribution in [0.1, 0.15) is 42.0 Å². The number of esters is 1. The van der Waals surface area contributed by atoms with Crippen LogP contribution < -0.4 is 10.5 Å². The number of para-hydroxylation sites is 1. The van der Waals surface area contributed by atoms with E-state index in [4.69, 9.17) is 19.9 Å². The van der Waals surface area contributed by atoms with Gasteiger partial charge >= 0.3 is 5.97 Å². The summed E-state index contributed by atoms with van der Waals surface area (Å²) >= 11 is 3.49. The molecule has 1 aliphatic rings. The number of nitrogens with two attached hydrogens (primary N) is 1. The Balaban J connectivity index is 2.08. The Morgan fingerprint density at radius 1 is 1.22 bits per heavy atom. The highest BCUT2D eigenvalue weighted by molar-refractivity contribution is 9.10. The molecule has 0 amide bonds. The fourth-order valence-corrected chi connectivity index (χ4v) is 4.17. The minimum Gasteiger partial charge on any atom is -0.488 e. The number of rotatable bonds is 6. The molecule has 0 spiro atoms. The van der Waals surface area contributed by atoms with Crippen LogP contribution in [0.4, 0.5) is 0 Å². The van der Waals surface area contributed by atoms with Crippen molar-refractivity contribution in [3.8, 4) is 11.8 Å². The molecule has 0 saturated heterocycles. The number of nitriles is 1. The first-order valence-electron chi connectivity index (χ1n) is 10.2. The zero-order chi connectivity index (χ0) is 23.4. The lowest BCUT2D eigenvalue weighted by molar-refractivity contribution is -0.139. The fraction of sp³-hybridized carbons (Fsp3) is 0.280. The largest absolute Gasteiger partial charge is 0.488 e. The van der Waals surface area contributed by atoms with Crippen molar-refractivity contribution in [1.29, 1.82) is 5.26 Å². The lowest BCUT2D eigenvalue weighted by atomic mass is 9.80. The molecular formula is C25H25BrN2O4. The average molecular weight is 497 g/mol. The third kappa shape index (κ3) is 4.66. The lowest BCUT2D eigenvalue weighted by Crippen LogP contribution is -2.26. The molecule has 166 valence electrons. The molecule has 1 aliphatic heterocycles. The van der Waals surface area contributed by atoms with Gasteiger partial charge in [0.05, 0.1) is 22.6 Å². The summed E-state index contributed by atoms with van der Waals surface area (Å²) in [5.74, 6) is -0.160. The predicted octanol–water partition coefficient (Wildman–Crippen LogP) is 5.29. The van der Waals surface area contributed by atoms with E-state index in [0.29, 0.717) is 12.4 Å². The number of carbonyl (C=O) groups is 1. The van der Waals surface area contributed by atoms with E-state index in [1.54, 1.807) is 13.8 Å². The standard InChI is InChI=1S/C25H25BrN2O4/c1-5-30-25(29)22-16(4)32-24(28)19(12-27)23(22)18-11-17(14(2)10-15(18)3)13-31-21-9-7-6-8-20(21)26/h6-11,23H,5,13,28H2,1-4H3. The van der Waals surface area contributed by atoms with Crippen LogP contribution in [0.3, 0.4) is 0 Å². The molecule has 6 nitrogen and oxygen atoms in total. The highest BCUT2D eigenvalue weighted by atomic mass is 79.9. The quantitative estimate of drug-likeness (QED) is 0.545. The maximum Gasteiger partial charge on any atom is 0.338 e. The van der Waals surface area contributed by atoms with E-state index in [-0.39, 0.29) is 23.6 Å². The maximum absolute atomic E-state index is 12.8. The topological polar surface area (TPSA) is 94.6 Å². The summed E-state index contributed by atoms with van der Waals surface area (Å²) in [5, 5.41) is 9.83. The molecule has 2 N–H and O–H groups in total. The van der Waals surface area contributed by atoms with Crippen LogP contribution in [0.5, 0.6) is 5.75 Å². The molecule has 1 atom stereocenters. The van der Waals surface area contributed by atoms with Gasteiger partial charge in [-0.3, -0.25) is 0 Å². The molecule has 0 saturated carbocycles. The van der Waals surface area contributed by atoms with Crippen molar-refractivity contribution in [2.24, 2.45) is 5.73 Å². The third-order valence-corrected chi connectivity index (χ3v) is 6.01. The Morgan fingerprint density at radius 2 is 1.94 bits per heavy atom. The van der Waals surface area contributed by atoms with Crippen LogP contribution in [-0.2, 0) is 20.9 Å². The van der Waals surface area contributed by atoms with Crippen molar-refractivity contribution in [3.63, 3.8) is 0 Å². The minimum atomic E-state index is -0.685. The van der Waals surface area contributed by atoms with Gasteiger partial charge in [-0.15, -0.1) is 0 Å². The highest BCUT2D eigenvalue weighted by Crippen LogP contribution is 2.41. The van der Waals surface area contributed by atoms with E-state index in [2.05, 4.69) is 22.0 Å². The Kier molecular flexibility index (Phi) is 7.26. The van der Waals surface area contributed by atoms with Gasteiger partial charge in [-0.1, -0.05) is 24.3 Å².